The van der Waals surface area contributed by atoms with Crippen molar-refractivity contribution in [3.8, 4) is 11.4 Å². The SMILES string of the molecule is c1cc2ccc(-c3noc(CC4CCOCC4)n3)cc2[nH]1. The van der Waals surface area contributed by atoms with E-state index in [1.165, 1.54) is 5.39 Å². The second-order valence-corrected chi connectivity index (χ2v) is 5.55. The van der Waals surface area contributed by atoms with Crippen LogP contribution in [0, 0.1) is 5.92 Å². The van der Waals surface area contributed by atoms with E-state index in [0.29, 0.717) is 11.7 Å². The van der Waals surface area contributed by atoms with Crippen LogP contribution in [0.3, 0.4) is 0 Å². The highest BCUT2D eigenvalue weighted by atomic mass is 16.5. The molecule has 5 nitrogen and oxygen atoms in total. The van der Waals surface area contributed by atoms with Crippen molar-refractivity contribution in [1.29, 1.82) is 0 Å². The number of fused-ring (bicyclic) bond motifs is 1. The first-order valence-corrected chi connectivity index (χ1v) is 7.36. The zero-order valence-electron chi connectivity index (χ0n) is 11.7. The summed E-state index contributed by atoms with van der Waals surface area (Å²) >= 11 is 0. The first-order valence-electron chi connectivity index (χ1n) is 7.36. The topological polar surface area (TPSA) is 63.9 Å². The van der Waals surface area contributed by atoms with Crippen LogP contribution in [0.5, 0.6) is 0 Å². The summed E-state index contributed by atoms with van der Waals surface area (Å²) in [5.41, 5.74) is 2.07. The van der Waals surface area contributed by atoms with Crippen LogP contribution in [0.2, 0.25) is 0 Å². The number of nitrogens with zero attached hydrogens (tertiary/aromatic N) is 2. The minimum atomic E-state index is 0.595. The molecule has 2 aromatic heterocycles. The molecular weight excluding hydrogens is 266 g/mol. The molecule has 3 aromatic rings. The Balaban J connectivity index is 1.55. The zero-order valence-corrected chi connectivity index (χ0v) is 11.7. The Bertz CT molecular complexity index is 741. The van der Waals surface area contributed by atoms with E-state index in [-0.39, 0.29) is 0 Å². The predicted molar refractivity (Wildman–Crippen MR) is 78.8 cm³/mol. The van der Waals surface area contributed by atoms with Crippen molar-refractivity contribution in [2.24, 2.45) is 5.92 Å². The average molecular weight is 283 g/mol. The minimum Gasteiger partial charge on any atom is -0.381 e. The molecule has 0 amide bonds. The van der Waals surface area contributed by atoms with Gasteiger partial charge in [0.05, 0.1) is 0 Å². The van der Waals surface area contributed by atoms with E-state index in [1.54, 1.807) is 0 Å². The molecule has 4 rings (SSSR count). The van der Waals surface area contributed by atoms with Gasteiger partial charge in [0.25, 0.3) is 0 Å². The van der Waals surface area contributed by atoms with Gasteiger partial charge in [0.15, 0.2) is 0 Å². The second-order valence-electron chi connectivity index (χ2n) is 5.55. The summed E-state index contributed by atoms with van der Waals surface area (Å²) < 4.78 is 10.8. The van der Waals surface area contributed by atoms with Gasteiger partial charge in [-0.2, -0.15) is 4.98 Å². The molecular formula is C16H17N3O2. The third-order valence-electron chi connectivity index (χ3n) is 4.09. The molecule has 0 bridgehead atoms. The van der Waals surface area contributed by atoms with Crippen molar-refractivity contribution in [1.82, 2.24) is 15.1 Å². The summed E-state index contributed by atoms with van der Waals surface area (Å²) in [6.07, 6.45) is 4.93. The van der Waals surface area contributed by atoms with Gasteiger partial charge in [-0.25, -0.2) is 0 Å². The number of nitrogens with one attached hydrogen (secondary N) is 1. The van der Waals surface area contributed by atoms with Crippen molar-refractivity contribution in [3.63, 3.8) is 0 Å². The molecule has 0 spiro atoms. The van der Waals surface area contributed by atoms with E-state index in [4.69, 9.17) is 9.26 Å². The normalized spacial score (nSPS) is 16.6. The number of ether oxygens (including phenoxy) is 1. The summed E-state index contributed by atoms with van der Waals surface area (Å²) in [7, 11) is 0. The molecule has 21 heavy (non-hydrogen) atoms. The van der Waals surface area contributed by atoms with E-state index < -0.39 is 0 Å². The summed E-state index contributed by atoms with van der Waals surface area (Å²) in [4.78, 5) is 7.74. The van der Waals surface area contributed by atoms with Crippen LogP contribution in [-0.2, 0) is 11.2 Å². The number of hydrogen-bond acceptors (Lipinski definition) is 4. The fourth-order valence-electron chi connectivity index (χ4n) is 2.84. The quantitative estimate of drug-likeness (QED) is 0.801. The number of aromatic amines is 1. The Morgan fingerprint density at radius 3 is 3.00 bits per heavy atom. The Kier molecular flexibility index (Phi) is 3.20. The van der Waals surface area contributed by atoms with Crippen LogP contribution in [0.4, 0.5) is 0 Å². The van der Waals surface area contributed by atoms with Crippen molar-refractivity contribution in [2.75, 3.05) is 13.2 Å². The summed E-state index contributed by atoms with van der Waals surface area (Å²) in [6.45, 7) is 1.68. The van der Waals surface area contributed by atoms with Crippen molar-refractivity contribution >= 4 is 10.9 Å². The monoisotopic (exact) mass is 283 g/mol. The molecule has 1 aromatic carbocycles. The molecule has 1 aliphatic heterocycles. The van der Waals surface area contributed by atoms with Gasteiger partial charge in [0.2, 0.25) is 11.7 Å². The Morgan fingerprint density at radius 1 is 1.19 bits per heavy atom. The maximum atomic E-state index is 5.40. The fraction of sp³-hybridized carbons (Fsp3) is 0.375. The molecule has 1 N–H and O–H groups in total. The maximum Gasteiger partial charge on any atom is 0.227 e. The van der Waals surface area contributed by atoms with Crippen molar-refractivity contribution in [2.45, 2.75) is 19.3 Å². The molecule has 1 fully saturated rings. The van der Waals surface area contributed by atoms with Crippen molar-refractivity contribution < 1.29 is 9.26 Å². The number of aromatic nitrogens is 3. The molecule has 1 saturated heterocycles. The third-order valence-corrected chi connectivity index (χ3v) is 4.09. The van der Waals surface area contributed by atoms with Crippen molar-refractivity contribution in [3.05, 3.63) is 36.4 Å². The molecule has 0 unspecified atom stereocenters. The molecule has 1 aliphatic rings. The molecule has 3 heterocycles. The molecule has 5 heteroatoms. The van der Waals surface area contributed by atoms with Gasteiger partial charge < -0.3 is 14.2 Å². The van der Waals surface area contributed by atoms with E-state index in [1.807, 2.05) is 18.3 Å². The number of hydrogen-bond donors (Lipinski definition) is 1. The fourth-order valence-corrected chi connectivity index (χ4v) is 2.84. The van der Waals surface area contributed by atoms with E-state index in [2.05, 4.69) is 27.3 Å². The molecule has 0 atom stereocenters. The standard InChI is InChI=1S/C16H17N3O2/c1-2-13(10-14-12(1)3-6-17-14)16-18-15(21-19-16)9-11-4-7-20-8-5-11/h1-3,6,10-11,17H,4-5,7-9H2. The van der Waals surface area contributed by atoms with Crippen LogP contribution >= 0.6 is 0 Å². The average Bonchev–Trinajstić information content (AvgIpc) is 3.16. The highest BCUT2D eigenvalue weighted by molar-refractivity contribution is 5.83. The lowest BCUT2D eigenvalue weighted by molar-refractivity contribution is 0.0642. The number of benzene rings is 1. The highest BCUT2D eigenvalue weighted by Crippen LogP contribution is 2.23. The summed E-state index contributed by atoms with van der Waals surface area (Å²) in [5, 5.41) is 5.30. The minimum absolute atomic E-state index is 0.595. The Morgan fingerprint density at radius 2 is 2.10 bits per heavy atom. The molecule has 0 radical (unpaired) electrons. The second kappa shape index (κ2) is 5.33. The van der Waals surface area contributed by atoms with Gasteiger partial charge in [-0.05, 0) is 36.3 Å². The van der Waals surface area contributed by atoms with Crippen LogP contribution in [0.15, 0.2) is 35.0 Å². The first-order chi connectivity index (χ1) is 10.4. The van der Waals surface area contributed by atoms with Gasteiger partial charge in [-0.3, -0.25) is 0 Å². The first kappa shape index (κ1) is 12.6. The largest absolute Gasteiger partial charge is 0.381 e. The van der Waals surface area contributed by atoms with E-state index in [9.17, 15) is 0 Å². The molecule has 0 aliphatic carbocycles. The smallest absolute Gasteiger partial charge is 0.227 e. The van der Waals surface area contributed by atoms with Gasteiger partial charge >= 0.3 is 0 Å². The lowest BCUT2D eigenvalue weighted by Gasteiger charge is -2.19. The lowest BCUT2D eigenvalue weighted by atomic mass is 9.97. The van der Waals surface area contributed by atoms with Crippen LogP contribution in [-0.4, -0.2) is 28.3 Å². The van der Waals surface area contributed by atoms with E-state index in [0.717, 1.165) is 49.4 Å². The van der Waals surface area contributed by atoms with Crippen LogP contribution in [0.1, 0.15) is 18.7 Å². The van der Waals surface area contributed by atoms with Gasteiger partial charge in [0.1, 0.15) is 0 Å². The number of H-pyrrole nitrogens is 1. The lowest BCUT2D eigenvalue weighted by Crippen LogP contribution is -2.17. The predicted octanol–water partition coefficient (Wildman–Crippen LogP) is 3.19. The maximum absolute atomic E-state index is 5.40. The van der Waals surface area contributed by atoms with Gasteiger partial charge in [0, 0.05) is 36.9 Å². The Hall–Kier alpha value is -2.14. The van der Waals surface area contributed by atoms with Gasteiger partial charge in [-0.15, -0.1) is 0 Å². The summed E-state index contributed by atoms with van der Waals surface area (Å²) in [6, 6.07) is 8.19. The number of rotatable bonds is 3. The zero-order chi connectivity index (χ0) is 14.1. The Labute approximate surface area is 122 Å². The summed E-state index contributed by atoms with van der Waals surface area (Å²) in [5.74, 6) is 1.98. The third kappa shape index (κ3) is 2.56. The van der Waals surface area contributed by atoms with Crippen LogP contribution < -0.4 is 0 Å². The van der Waals surface area contributed by atoms with E-state index >= 15 is 0 Å². The van der Waals surface area contributed by atoms with Gasteiger partial charge in [-0.1, -0.05) is 17.3 Å². The van der Waals surface area contributed by atoms with Crippen LogP contribution in [0.25, 0.3) is 22.3 Å². The molecule has 0 saturated carbocycles. The highest BCUT2D eigenvalue weighted by Gasteiger charge is 2.18. The molecule has 108 valence electrons.